The van der Waals surface area contributed by atoms with Crippen LogP contribution in [0.2, 0.25) is 0 Å². The first-order valence-corrected chi connectivity index (χ1v) is 9.07. The minimum atomic E-state index is -0.567. The number of benzene rings is 1. The average Bonchev–Trinajstić information content (AvgIpc) is 2.67. The quantitative estimate of drug-likeness (QED) is 0.709. The van der Waals surface area contributed by atoms with Gasteiger partial charge in [0.25, 0.3) is 0 Å². The zero-order chi connectivity index (χ0) is 19.2. The van der Waals surface area contributed by atoms with Gasteiger partial charge in [-0.15, -0.1) is 0 Å². The fraction of sp³-hybridized carbons (Fsp3) is 0.350. The number of carbonyl (C=O) groups is 2. The molecule has 0 spiro atoms. The van der Waals surface area contributed by atoms with Gasteiger partial charge in [0.15, 0.2) is 0 Å². The molecule has 0 radical (unpaired) electrons. The molecule has 0 aliphatic carbocycles. The number of nitrogens with one attached hydrogen (secondary N) is 2. The van der Waals surface area contributed by atoms with Crippen molar-refractivity contribution in [1.29, 1.82) is 0 Å². The predicted octanol–water partition coefficient (Wildman–Crippen LogP) is 3.83. The van der Waals surface area contributed by atoms with Gasteiger partial charge in [-0.2, -0.15) is 0 Å². The Morgan fingerprint density at radius 1 is 1.26 bits per heavy atom. The van der Waals surface area contributed by atoms with Crippen molar-refractivity contribution < 1.29 is 14.3 Å². The lowest BCUT2D eigenvalue weighted by Crippen LogP contribution is -2.14. The van der Waals surface area contributed by atoms with Gasteiger partial charge in [-0.05, 0) is 42.7 Å². The lowest BCUT2D eigenvalue weighted by atomic mass is 10.00. The minimum Gasteiger partial charge on any atom is -0.453 e. The monoisotopic (exact) mass is 368 g/mol. The van der Waals surface area contributed by atoms with Crippen molar-refractivity contribution in [3.63, 3.8) is 0 Å². The standard InChI is InChI=1S/C20H24N4O3/c1-27-20(26)23-14-7-8-15-13-9-10-22-18(11-13)16(21)5-3-2-4-6-19(25)24-17(15)12-14/h7-12,16H,2-6,21H2,1H3,(H,23,26)(H,24,25). The number of amides is 2. The van der Waals surface area contributed by atoms with E-state index < -0.39 is 6.09 Å². The van der Waals surface area contributed by atoms with Gasteiger partial charge in [0.2, 0.25) is 5.91 Å². The molecule has 1 aliphatic rings. The van der Waals surface area contributed by atoms with Gasteiger partial charge in [-0.3, -0.25) is 15.1 Å². The van der Waals surface area contributed by atoms with Crippen LogP contribution in [-0.4, -0.2) is 24.1 Å². The highest BCUT2D eigenvalue weighted by molar-refractivity contribution is 5.97. The van der Waals surface area contributed by atoms with Gasteiger partial charge in [-0.25, -0.2) is 4.79 Å². The SMILES string of the molecule is COC(=O)Nc1ccc2c(c1)NC(=O)CCCCCC(N)c1cc-2ccn1. The molecule has 1 aliphatic heterocycles. The van der Waals surface area contributed by atoms with Crippen LogP contribution in [0.3, 0.4) is 0 Å². The van der Waals surface area contributed by atoms with E-state index in [1.807, 2.05) is 18.2 Å². The lowest BCUT2D eigenvalue weighted by Gasteiger charge is -2.15. The van der Waals surface area contributed by atoms with Crippen molar-refractivity contribution >= 4 is 23.4 Å². The molecule has 0 saturated carbocycles. The fourth-order valence-electron chi connectivity index (χ4n) is 3.15. The molecule has 1 aromatic heterocycles. The van der Waals surface area contributed by atoms with E-state index in [4.69, 9.17) is 5.73 Å². The summed E-state index contributed by atoms with van der Waals surface area (Å²) >= 11 is 0. The van der Waals surface area contributed by atoms with Crippen LogP contribution >= 0.6 is 0 Å². The molecule has 1 atom stereocenters. The predicted molar refractivity (Wildman–Crippen MR) is 104 cm³/mol. The number of ether oxygens (including phenoxy) is 1. The summed E-state index contributed by atoms with van der Waals surface area (Å²) in [5.74, 6) is -0.0516. The smallest absolute Gasteiger partial charge is 0.411 e. The number of aromatic nitrogens is 1. The van der Waals surface area contributed by atoms with E-state index >= 15 is 0 Å². The summed E-state index contributed by atoms with van der Waals surface area (Å²) in [6.45, 7) is 0. The van der Waals surface area contributed by atoms with Crippen LogP contribution in [0.25, 0.3) is 11.1 Å². The first-order valence-electron chi connectivity index (χ1n) is 9.07. The summed E-state index contributed by atoms with van der Waals surface area (Å²) < 4.78 is 4.63. The molecular formula is C20H24N4O3. The Kier molecular flexibility index (Phi) is 6.03. The normalized spacial score (nSPS) is 17.4. The number of anilines is 2. The third kappa shape index (κ3) is 4.83. The summed E-state index contributed by atoms with van der Waals surface area (Å²) in [7, 11) is 1.30. The first-order chi connectivity index (χ1) is 13.1. The number of rotatable bonds is 1. The summed E-state index contributed by atoms with van der Waals surface area (Å²) in [5.41, 5.74) is 10.0. The van der Waals surface area contributed by atoms with Crippen LogP contribution in [0.5, 0.6) is 0 Å². The second kappa shape index (κ2) is 8.64. The van der Waals surface area contributed by atoms with E-state index in [1.54, 1.807) is 18.3 Å². The molecule has 0 fully saturated rings. The average molecular weight is 368 g/mol. The van der Waals surface area contributed by atoms with E-state index in [1.165, 1.54) is 7.11 Å². The molecular weight excluding hydrogens is 344 g/mol. The number of carbonyl (C=O) groups excluding carboxylic acids is 2. The Morgan fingerprint density at radius 3 is 2.93 bits per heavy atom. The summed E-state index contributed by atoms with van der Waals surface area (Å²) in [4.78, 5) is 28.3. The first kappa shape index (κ1) is 18.8. The zero-order valence-corrected chi connectivity index (χ0v) is 15.3. The number of fused-ring (bicyclic) bond motifs is 4. The maximum Gasteiger partial charge on any atom is 0.411 e. The molecule has 2 bridgehead atoms. The van der Waals surface area contributed by atoms with Gasteiger partial charge in [-0.1, -0.05) is 18.9 Å². The molecule has 1 unspecified atom stereocenters. The molecule has 0 saturated heterocycles. The summed E-state index contributed by atoms with van der Waals surface area (Å²) in [5, 5.41) is 5.59. The van der Waals surface area contributed by atoms with E-state index in [0.717, 1.165) is 42.5 Å². The summed E-state index contributed by atoms with van der Waals surface area (Å²) in [6.07, 6.45) is 5.16. The van der Waals surface area contributed by atoms with Crippen LogP contribution in [0.15, 0.2) is 36.5 Å². The molecule has 2 aromatic rings. The molecule has 142 valence electrons. The van der Waals surface area contributed by atoms with Crippen LogP contribution in [0.4, 0.5) is 16.2 Å². The summed E-state index contributed by atoms with van der Waals surface area (Å²) in [6, 6.07) is 9.06. The molecule has 3 rings (SSSR count). The van der Waals surface area contributed by atoms with Crippen molar-refractivity contribution in [3.05, 3.63) is 42.2 Å². The second-order valence-electron chi connectivity index (χ2n) is 6.60. The number of nitrogens with two attached hydrogens (primary N) is 1. The maximum absolute atomic E-state index is 12.4. The second-order valence-corrected chi connectivity index (χ2v) is 6.60. The third-order valence-corrected chi connectivity index (χ3v) is 4.62. The highest BCUT2D eigenvalue weighted by Crippen LogP contribution is 2.32. The fourth-order valence-corrected chi connectivity index (χ4v) is 3.15. The Morgan fingerprint density at radius 2 is 2.11 bits per heavy atom. The van der Waals surface area contributed by atoms with Gasteiger partial charge in [0.1, 0.15) is 0 Å². The molecule has 2 heterocycles. The van der Waals surface area contributed by atoms with Gasteiger partial charge < -0.3 is 15.8 Å². The van der Waals surface area contributed by atoms with E-state index in [0.29, 0.717) is 17.8 Å². The van der Waals surface area contributed by atoms with E-state index in [2.05, 4.69) is 20.4 Å². The topological polar surface area (TPSA) is 106 Å². The largest absolute Gasteiger partial charge is 0.453 e. The van der Waals surface area contributed by atoms with Crippen molar-refractivity contribution in [2.75, 3.05) is 17.7 Å². The van der Waals surface area contributed by atoms with Gasteiger partial charge in [0, 0.05) is 29.9 Å². The number of hydrogen-bond donors (Lipinski definition) is 3. The minimum absolute atomic E-state index is 0.0516. The van der Waals surface area contributed by atoms with E-state index in [-0.39, 0.29) is 11.9 Å². The van der Waals surface area contributed by atoms with Crippen LogP contribution in [0, 0.1) is 0 Å². The van der Waals surface area contributed by atoms with Gasteiger partial charge in [0.05, 0.1) is 18.5 Å². The number of hydrogen-bond acceptors (Lipinski definition) is 5. The molecule has 27 heavy (non-hydrogen) atoms. The van der Waals surface area contributed by atoms with Crippen molar-refractivity contribution in [2.24, 2.45) is 5.73 Å². The Bertz CT molecular complexity index is 838. The van der Waals surface area contributed by atoms with Crippen LogP contribution in [0.1, 0.15) is 43.8 Å². The number of pyridine rings is 1. The van der Waals surface area contributed by atoms with Gasteiger partial charge >= 0.3 is 6.09 Å². The third-order valence-electron chi connectivity index (χ3n) is 4.62. The Balaban J connectivity index is 2.03. The van der Waals surface area contributed by atoms with E-state index in [9.17, 15) is 9.59 Å². The maximum atomic E-state index is 12.4. The molecule has 4 N–H and O–H groups in total. The van der Waals surface area contributed by atoms with Crippen molar-refractivity contribution in [1.82, 2.24) is 4.98 Å². The Labute approximate surface area is 158 Å². The lowest BCUT2D eigenvalue weighted by molar-refractivity contribution is -0.116. The molecule has 1 aromatic carbocycles. The highest BCUT2D eigenvalue weighted by atomic mass is 16.5. The highest BCUT2D eigenvalue weighted by Gasteiger charge is 2.15. The van der Waals surface area contributed by atoms with Crippen molar-refractivity contribution in [3.8, 4) is 11.1 Å². The molecule has 7 heteroatoms. The molecule has 7 nitrogen and oxygen atoms in total. The van der Waals surface area contributed by atoms with Crippen LogP contribution < -0.4 is 16.4 Å². The molecule has 2 amide bonds. The number of nitrogens with zero attached hydrogens (tertiary/aromatic N) is 1. The zero-order valence-electron chi connectivity index (χ0n) is 15.3. The van der Waals surface area contributed by atoms with Crippen LogP contribution in [-0.2, 0) is 9.53 Å². The van der Waals surface area contributed by atoms with Crippen molar-refractivity contribution in [2.45, 2.75) is 38.1 Å². The Hall–Kier alpha value is -2.93. The number of methoxy groups -OCH3 is 1.